The maximum Gasteiger partial charge on any atom is 0.191 e. The van der Waals surface area contributed by atoms with Gasteiger partial charge in [0.25, 0.3) is 0 Å². The van der Waals surface area contributed by atoms with Gasteiger partial charge in [-0.25, -0.2) is 0 Å². The Bertz CT molecular complexity index is 595. The van der Waals surface area contributed by atoms with Crippen LogP contribution in [0.4, 0.5) is 0 Å². The minimum Gasteiger partial charge on any atom is -0.379 e. The molecule has 0 aliphatic carbocycles. The van der Waals surface area contributed by atoms with Crippen LogP contribution in [0, 0.1) is 0 Å². The zero-order valence-electron chi connectivity index (χ0n) is 18.3. The van der Waals surface area contributed by atoms with E-state index >= 15 is 0 Å². The molecule has 2 N–H and O–H groups in total. The Morgan fingerprint density at radius 2 is 1.83 bits per heavy atom. The second kappa shape index (κ2) is 12.2. The summed E-state index contributed by atoms with van der Waals surface area (Å²) < 4.78 is 5.57. The molecule has 162 valence electrons. The summed E-state index contributed by atoms with van der Waals surface area (Å²) in [7, 11) is 0. The lowest BCUT2D eigenvalue weighted by molar-refractivity contribution is 0.0179. The van der Waals surface area contributed by atoms with Crippen molar-refractivity contribution in [2.45, 2.75) is 45.2 Å². The molecule has 3 rings (SSSR count). The molecule has 0 amide bonds. The van der Waals surface area contributed by atoms with Crippen molar-refractivity contribution in [3.8, 4) is 0 Å². The zero-order valence-corrected chi connectivity index (χ0v) is 18.3. The van der Waals surface area contributed by atoms with Crippen molar-refractivity contribution < 1.29 is 4.74 Å². The first kappa shape index (κ1) is 22.1. The number of hydrogen-bond acceptors (Lipinski definition) is 4. The second-order valence-electron chi connectivity index (χ2n) is 8.05. The normalized spacial score (nSPS) is 21.1. The molecule has 0 bridgehead atoms. The fourth-order valence-corrected chi connectivity index (χ4v) is 4.30. The fourth-order valence-electron chi connectivity index (χ4n) is 4.30. The van der Waals surface area contributed by atoms with Gasteiger partial charge in [0.15, 0.2) is 5.96 Å². The highest BCUT2D eigenvalue weighted by Crippen LogP contribution is 2.22. The van der Waals surface area contributed by atoms with Crippen LogP contribution in [0.25, 0.3) is 0 Å². The van der Waals surface area contributed by atoms with E-state index in [-0.39, 0.29) is 0 Å². The predicted molar refractivity (Wildman–Crippen MR) is 120 cm³/mol. The molecule has 0 aromatic heterocycles. The van der Waals surface area contributed by atoms with Crippen LogP contribution in [0.3, 0.4) is 0 Å². The minimum absolute atomic E-state index is 0.293. The van der Waals surface area contributed by atoms with Gasteiger partial charge >= 0.3 is 0 Å². The van der Waals surface area contributed by atoms with Gasteiger partial charge < -0.3 is 20.3 Å². The average molecular weight is 402 g/mol. The van der Waals surface area contributed by atoms with Crippen molar-refractivity contribution in [2.24, 2.45) is 4.99 Å². The van der Waals surface area contributed by atoms with E-state index in [1.807, 2.05) is 0 Å². The van der Waals surface area contributed by atoms with Gasteiger partial charge in [-0.2, -0.15) is 0 Å². The summed E-state index contributed by atoms with van der Waals surface area (Å²) in [4.78, 5) is 10.1. The molecule has 1 unspecified atom stereocenters. The van der Waals surface area contributed by atoms with Gasteiger partial charge in [-0.15, -0.1) is 0 Å². The number of likely N-dealkylation sites (tertiary alicyclic amines) is 1. The Kier molecular flexibility index (Phi) is 9.25. The molecule has 1 atom stereocenters. The molecule has 1 aromatic rings. The van der Waals surface area contributed by atoms with Gasteiger partial charge in [0, 0.05) is 38.8 Å². The van der Waals surface area contributed by atoms with Crippen LogP contribution in [-0.4, -0.2) is 80.8 Å². The van der Waals surface area contributed by atoms with Gasteiger partial charge in [0.2, 0.25) is 0 Å². The van der Waals surface area contributed by atoms with Gasteiger partial charge in [0.1, 0.15) is 0 Å². The standard InChI is InChI=1S/C23H39N5O/c1-3-12-27-13-10-21(11-14-27)26-23(24-4-2)25-19-22(20-8-6-5-7-9-20)28-15-17-29-18-16-28/h5-9,21-22H,3-4,10-19H2,1-2H3,(H2,24,25,26). The van der Waals surface area contributed by atoms with Crippen molar-refractivity contribution >= 4 is 5.96 Å². The third-order valence-corrected chi connectivity index (χ3v) is 5.91. The van der Waals surface area contributed by atoms with Crippen molar-refractivity contribution in [2.75, 3.05) is 59.0 Å². The molecule has 2 aliphatic rings. The summed E-state index contributed by atoms with van der Waals surface area (Å²) in [6.45, 7) is 13.2. The fraction of sp³-hybridized carbons (Fsp3) is 0.696. The van der Waals surface area contributed by atoms with E-state index in [0.717, 1.165) is 45.4 Å². The SMILES string of the molecule is CCCN1CCC(NC(=NCC(c2ccccc2)N2CCOCC2)NCC)CC1. The van der Waals surface area contributed by atoms with Crippen molar-refractivity contribution in [3.05, 3.63) is 35.9 Å². The van der Waals surface area contributed by atoms with Gasteiger partial charge in [-0.3, -0.25) is 9.89 Å². The monoisotopic (exact) mass is 401 g/mol. The molecule has 6 heteroatoms. The minimum atomic E-state index is 0.293. The molecule has 0 spiro atoms. The van der Waals surface area contributed by atoms with Crippen LogP contribution >= 0.6 is 0 Å². The first-order valence-corrected chi connectivity index (χ1v) is 11.4. The van der Waals surface area contributed by atoms with Crippen LogP contribution in [0.5, 0.6) is 0 Å². The smallest absolute Gasteiger partial charge is 0.191 e. The Balaban J connectivity index is 1.63. The van der Waals surface area contributed by atoms with Crippen molar-refractivity contribution in [1.82, 2.24) is 20.4 Å². The topological polar surface area (TPSA) is 52.1 Å². The molecular formula is C23H39N5O. The van der Waals surface area contributed by atoms with Gasteiger partial charge in [-0.1, -0.05) is 37.3 Å². The Morgan fingerprint density at radius 3 is 2.48 bits per heavy atom. The number of ether oxygens (including phenoxy) is 1. The summed E-state index contributed by atoms with van der Waals surface area (Å²) in [6, 6.07) is 11.6. The largest absolute Gasteiger partial charge is 0.379 e. The third kappa shape index (κ3) is 6.98. The summed E-state index contributed by atoms with van der Waals surface area (Å²) in [5, 5.41) is 7.16. The number of aliphatic imine (C=N–C) groups is 1. The van der Waals surface area contributed by atoms with Crippen molar-refractivity contribution in [1.29, 1.82) is 0 Å². The highest BCUT2D eigenvalue weighted by molar-refractivity contribution is 5.80. The van der Waals surface area contributed by atoms with Gasteiger partial charge in [-0.05, 0) is 38.3 Å². The average Bonchev–Trinajstić information content (AvgIpc) is 2.77. The lowest BCUT2D eigenvalue weighted by Crippen LogP contribution is -2.49. The summed E-state index contributed by atoms with van der Waals surface area (Å²) in [5.74, 6) is 0.954. The molecule has 0 saturated carbocycles. The van der Waals surface area contributed by atoms with Crippen LogP contribution in [0.15, 0.2) is 35.3 Å². The maximum atomic E-state index is 5.57. The van der Waals surface area contributed by atoms with E-state index in [1.165, 1.54) is 44.5 Å². The summed E-state index contributed by atoms with van der Waals surface area (Å²) >= 11 is 0. The number of nitrogens with zero attached hydrogens (tertiary/aromatic N) is 3. The van der Waals surface area contributed by atoms with Crippen LogP contribution < -0.4 is 10.6 Å². The zero-order chi connectivity index (χ0) is 20.3. The number of piperidine rings is 1. The quantitative estimate of drug-likeness (QED) is 0.518. The Hall–Kier alpha value is -1.63. The highest BCUT2D eigenvalue weighted by Gasteiger charge is 2.23. The van der Waals surface area contributed by atoms with Crippen molar-refractivity contribution in [3.63, 3.8) is 0 Å². The van der Waals surface area contributed by atoms with E-state index in [9.17, 15) is 0 Å². The molecule has 1 aromatic carbocycles. The molecular weight excluding hydrogens is 362 g/mol. The summed E-state index contributed by atoms with van der Waals surface area (Å²) in [5.41, 5.74) is 1.34. The number of guanidine groups is 1. The first-order valence-electron chi connectivity index (χ1n) is 11.4. The van der Waals surface area contributed by atoms with Crippen LogP contribution in [0.1, 0.15) is 44.7 Å². The van der Waals surface area contributed by atoms with Crippen LogP contribution in [-0.2, 0) is 4.74 Å². The van der Waals surface area contributed by atoms with E-state index in [1.54, 1.807) is 0 Å². The Morgan fingerprint density at radius 1 is 1.10 bits per heavy atom. The third-order valence-electron chi connectivity index (χ3n) is 5.91. The number of benzene rings is 1. The van der Waals surface area contributed by atoms with E-state index in [0.29, 0.717) is 12.1 Å². The van der Waals surface area contributed by atoms with E-state index in [2.05, 4.69) is 64.6 Å². The second-order valence-corrected chi connectivity index (χ2v) is 8.05. The lowest BCUT2D eigenvalue weighted by atomic mass is 10.0. The Labute approximate surface area is 176 Å². The number of nitrogens with one attached hydrogen (secondary N) is 2. The highest BCUT2D eigenvalue weighted by atomic mass is 16.5. The first-order chi connectivity index (χ1) is 14.3. The van der Waals surface area contributed by atoms with Crippen LogP contribution in [0.2, 0.25) is 0 Å². The number of morpholine rings is 1. The lowest BCUT2D eigenvalue weighted by Gasteiger charge is -2.35. The maximum absolute atomic E-state index is 5.57. The predicted octanol–water partition coefficient (Wildman–Crippen LogP) is 2.49. The van der Waals surface area contributed by atoms with E-state index in [4.69, 9.17) is 9.73 Å². The van der Waals surface area contributed by atoms with Gasteiger partial charge in [0.05, 0.1) is 25.8 Å². The molecule has 2 saturated heterocycles. The summed E-state index contributed by atoms with van der Waals surface area (Å²) in [6.07, 6.45) is 3.62. The number of hydrogen-bond donors (Lipinski definition) is 2. The van der Waals surface area contributed by atoms with E-state index < -0.39 is 0 Å². The molecule has 2 heterocycles. The molecule has 2 fully saturated rings. The molecule has 2 aliphatic heterocycles. The molecule has 29 heavy (non-hydrogen) atoms. The number of rotatable bonds is 8. The molecule has 0 radical (unpaired) electrons. The molecule has 6 nitrogen and oxygen atoms in total.